The predicted molar refractivity (Wildman–Crippen MR) is 76.7 cm³/mol. The summed E-state index contributed by atoms with van der Waals surface area (Å²) < 4.78 is 81.2. The maximum atomic E-state index is 14.2. The lowest BCUT2D eigenvalue weighted by Crippen LogP contribution is -2.47. The molecule has 0 aromatic heterocycles. The first-order valence-electron chi connectivity index (χ1n) is 7.85. The largest absolute Gasteiger partial charge is 0.407 e. The van der Waals surface area contributed by atoms with E-state index in [1.54, 1.807) is 12.2 Å². The van der Waals surface area contributed by atoms with Crippen molar-refractivity contribution in [1.82, 2.24) is 0 Å². The zero-order chi connectivity index (χ0) is 17.1. The van der Waals surface area contributed by atoms with Crippen LogP contribution in [0.4, 0.5) is 26.3 Å². The van der Waals surface area contributed by atoms with Gasteiger partial charge in [0.05, 0.1) is 6.67 Å². The molecular weight excluding hydrogens is 318 g/mol. The van der Waals surface area contributed by atoms with E-state index in [0.29, 0.717) is 12.8 Å². The molecule has 0 unspecified atom stereocenters. The predicted octanol–water partition coefficient (Wildman–Crippen LogP) is 6.37. The average Bonchev–Trinajstić information content (AvgIpc) is 2.48. The van der Waals surface area contributed by atoms with E-state index in [1.165, 1.54) is 0 Å². The smallest absolute Gasteiger partial charge is 0.251 e. The van der Waals surface area contributed by atoms with Gasteiger partial charge in [-0.05, 0) is 62.5 Å². The van der Waals surface area contributed by atoms with E-state index in [1.807, 2.05) is 0 Å². The second kappa shape index (κ2) is 7.14. The second-order valence-electron chi connectivity index (χ2n) is 6.16. The molecule has 0 atom stereocenters. The number of rotatable bonds is 4. The molecule has 0 aromatic carbocycles. The Morgan fingerprint density at radius 2 is 1.61 bits per heavy atom. The highest BCUT2D eigenvalue weighted by Gasteiger charge is 2.65. The molecule has 2 aliphatic rings. The summed E-state index contributed by atoms with van der Waals surface area (Å²) in [6.07, 6.45) is 1.26. The molecule has 0 radical (unpaired) electrons. The third kappa shape index (κ3) is 3.36. The van der Waals surface area contributed by atoms with E-state index in [4.69, 9.17) is 0 Å². The maximum Gasteiger partial charge on any atom is 0.407 e. The molecule has 1 fully saturated rings. The van der Waals surface area contributed by atoms with Crippen LogP contribution in [0.1, 0.15) is 38.5 Å². The van der Waals surface area contributed by atoms with Crippen LogP contribution in [0.2, 0.25) is 0 Å². The maximum absolute atomic E-state index is 14.2. The molecule has 0 nitrogen and oxygen atoms in total. The number of alkyl halides is 4. The van der Waals surface area contributed by atoms with Crippen molar-refractivity contribution in [1.29, 1.82) is 0 Å². The van der Waals surface area contributed by atoms with Crippen molar-refractivity contribution in [2.45, 2.75) is 44.7 Å². The molecule has 0 amide bonds. The molecule has 0 heterocycles. The van der Waals surface area contributed by atoms with Crippen molar-refractivity contribution in [2.75, 3.05) is 6.67 Å². The lowest BCUT2D eigenvalue weighted by molar-refractivity contribution is -0.229. The van der Waals surface area contributed by atoms with Crippen LogP contribution in [0.3, 0.4) is 0 Å². The topological polar surface area (TPSA) is 0 Å². The third-order valence-corrected chi connectivity index (χ3v) is 4.86. The fourth-order valence-corrected chi connectivity index (χ4v) is 3.69. The number of halogens is 6. The van der Waals surface area contributed by atoms with Crippen molar-refractivity contribution < 1.29 is 26.3 Å². The minimum absolute atomic E-state index is 0.0470. The average molecular weight is 338 g/mol. The molecule has 0 aromatic rings. The molecule has 0 bridgehead atoms. The number of allylic oxidation sites excluding steroid dienone is 6. The van der Waals surface area contributed by atoms with E-state index in [-0.39, 0.29) is 31.6 Å². The molecule has 1 saturated carbocycles. The van der Waals surface area contributed by atoms with E-state index in [0.717, 1.165) is 12.2 Å². The van der Waals surface area contributed by atoms with Gasteiger partial charge in [-0.1, -0.05) is 12.2 Å². The Kier molecular flexibility index (Phi) is 5.63. The molecule has 2 aliphatic carbocycles. The SMILES string of the molecule is FCC/C=C/[C@H]1CC[C@H](C2(C(F)(F)F)C(F)=CCC=C2F)CC1. The van der Waals surface area contributed by atoms with Gasteiger partial charge in [0.25, 0.3) is 0 Å². The molecule has 0 aliphatic heterocycles. The molecule has 23 heavy (non-hydrogen) atoms. The van der Waals surface area contributed by atoms with Crippen molar-refractivity contribution in [2.24, 2.45) is 17.3 Å². The molecule has 0 spiro atoms. The fourth-order valence-electron chi connectivity index (χ4n) is 3.69. The van der Waals surface area contributed by atoms with Crippen LogP contribution >= 0.6 is 0 Å². The van der Waals surface area contributed by atoms with Gasteiger partial charge in [0, 0.05) is 0 Å². The van der Waals surface area contributed by atoms with E-state index in [9.17, 15) is 26.3 Å². The molecule has 2 rings (SSSR count). The summed E-state index contributed by atoms with van der Waals surface area (Å²) in [6, 6.07) is 0. The van der Waals surface area contributed by atoms with Gasteiger partial charge in [-0.2, -0.15) is 13.2 Å². The number of hydrogen-bond acceptors (Lipinski definition) is 0. The van der Waals surface area contributed by atoms with E-state index >= 15 is 0 Å². The summed E-state index contributed by atoms with van der Waals surface area (Å²) in [4.78, 5) is 0. The van der Waals surface area contributed by atoms with Crippen LogP contribution in [0.5, 0.6) is 0 Å². The Bertz CT molecular complexity index is 474. The third-order valence-electron chi connectivity index (χ3n) is 4.86. The Morgan fingerprint density at radius 3 is 2.09 bits per heavy atom. The van der Waals surface area contributed by atoms with Gasteiger partial charge in [0.2, 0.25) is 0 Å². The summed E-state index contributed by atoms with van der Waals surface area (Å²) in [5.74, 6) is -3.92. The van der Waals surface area contributed by atoms with Crippen LogP contribution in [0.25, 0.3) is 0 Å². The highest BCUT2D eigenvalue weighted by Crippen LogP contribution is 2.60. The lowest BCUT2D eigenvalue weighted by atomic mass is 9.63. The summed E-state index contributed by atoms with van der Waals surface area (Å²) in [7, 11) is 0. The number of hydrogen-bond donors (Lipinski definition) is 0. The van der Waals surface area contributed by atoms with Gasteiger partial charge in [-0.25, -0.2) is 8.78 Å². The summed E-state index contributed by atoms with van der Waals surface area (Å²) in [5.41, 5.74) is -3.11. The van der Waals surface area contributed by atoms with Crippen LogP contribution in [0, 0.1) is 17.3 Å². The van der Waals surface area contributed by atoms with Crippen LogP contribution in [-0.4, -0.2) is 12.9 Å². The fraction of sp³-hybridized carbons (Fsp3) is 0.647. The lowest BCUT2D eigenvalue weighted by Gasteiger charge is -2.43. The van der Waals surface area contributed by atoms with Gasteiger partial charge in [0.1, 0.15) is 11.7 Å². The highest BCUT2D eigenvalue weighted by molar-refractivity contribution is 5.31. The molecule has 6 heteroatoms. The van der Waals surface area contributed by atoms with E-state index in [2.05, 4.69) is 0 Å². The van der Waals surface area contributed by atoms with Crippen molar-refractivity contribution >= 4 is 0 Å². The van der Waals surface area contributed by atoms with Crippen LogP contribution in [-0.2, 0) is 0 Å². The first-order chi connectivity index (χ1) is 10.8. The Morgan fingerprint density at radius 1 is 1.04 bits per heavy atom. The monoisotopic (exact) mass is 338 g/mol. The molecule has 130 valence electrons. The standard InChI is InChI=1S/C17H20F6/c18-11-2-1-4-12-7-9-13(10-8-12)16(17(21,22)23)14(19)5-3-6-15(16)20/h1,4-6,12-13H,2-3,7-11H2/b4-1+/t12-,13-. The minimum Gasteiger partial charge on any atom is -0.251 e. The zero-order valence-electron chi connectivity index (χ0n) is 12.7. The van der Waals surface area contributed by atoms with Crippen LogP contribution in [0.15, 0.2) is 36.0 Å². The Labute approximate surface area is 131 Å². The van der Waals surface area contributed by atoms with Gasteiger partial charge in [-0.15, -0.1) is 0 Å². The summed E-state index contributed by atoms with van der Waals surface area (Å²) in [5, 5.41) is 0. The summed E-state index contributed by atoms with van der Waals surface area (Å²) >= 11 is 0. The Balaban J connectivity index is 2.19. The van der Waals surface area contributed by atoms with Crippen molar-refractivity contribution in [3.8, 4) is 0 Å². The first kappa shape index (κ1) is 18.1. The van der Waals surface area contributed by atoms with Gasteiger partial charge in [0.15, 0.2) is 5.41 Å². The van der Waals surface area contributed by atoms with Crippen LogP contribution < -0.4 is 0 Å². The minimum atomic E-state index is -5.00. The van der Waals surface area contributed by atoms with Gasteiger partial charge in [-0.3, -0.25) is 4.39 Å². The summed E-state index contributed by atoms with van der Waals surface area (Å²) in [6.45, 7) is -0.477. The van der Waals surface area contributed by atoms with Gasteiger partial charge < -0.3 is 0 Å². The molecule has 0 saturated heterocycles. The first-order valence-corrected chi connectivity index (χ1v) is 7.85. The van der Waals surface area contributed by atoms with Gasteiger partial charge >= 0.3 is 6.18 Å². The van der Waals surface area contributed by atoms with Crippen molar-refractivity contribution in [3.05, 3.63) is 36.0 Å². The second-order valence-corrected chi connectivity index (χ2v) is 6.16. The quantitative estimate of drug-likeness (QED) is 0.413. The normalized spacial score (nSPS) is 28.6. The van der Waals surface area contributed by atoms with Crippen molar-refractivity contribution in [3.63, 3.8) is 0 Å². The highest BCUT2D eigenvalue weighted by atomic mass is 19.4. The Hall–Kier alpha value is -1.20. The molecular formula is C17H20F6. The molecule has 0 N–H and O–H groups in total. The van der Waals surface area contributed by atoms with E-state index < -0.39 is 35.8 Å². The zero-order valence-corrected chi connectivity index (χ0v) is 12.7.